The molecule has 2 rings (SSSR count). The Labute approximate surface area is 111 Å². The predicted octanol–water partition coefficient (Wildman–Crippen LogP) is 1.80. The Morgan fingerprint density at radius 1 is 1.32 bits per heavy atom. The van der Waals surface area contributed by atoms with Crippen LogP contribution in [0.2, 0.25) is 0 Å². The summed E-state index contributed by atoms with van der Waals surface area (Å²) in [5, 5.41) is 17.9. The van der Waals surface area contributed by atoms with Gasteiger partial charge < -0.3 is 10.0 Å². The molecule has 0 radical (unpaired) electrons. The number of aliphatic carboxylic acids is 1. The molecule has 0 atom stereocenters. The maximum Gasteiger partial charge on any atom is 0.319 e. The van der Waals surface area contributed by atoms with Gasteiger partial charge in [0.1, 0.15) is 5.41 Å². The summed E-state index contributed by atoms with van der Waals surface area (Å²) in [6.07, 6.45) is 0.921. The summed E-state index contributed by atoms with van der Waals surface area (Å²) >= 11 is 0. The van der Waals surface area contributed by atoms with Gasteiger partial charge in [0, 0.05) is 12.2 Å². The molecule has 0 heterocycles. The van der Waals surface area contributed by atoms with E-state index in [0.717, 1.165) is 0 Å². The summed E-state index contributed by atoms with van der Waals surface area (Å²) in [6.45, 7) is 0.217. The van der Waals surface area contributed by atoms with Crippen molar-refractivity contribution in [3.8, 4) is 6.07 Å². The molecular formula is C14H14N2O3. The van der Waals surface area contributed by atoms with Crippen molar-refractivity contribution in [2.45, 2.75) is 19.3 Å². The van der Waals surface area contributed by atoms with Crippen LogP contribution in [0.15, 0.2) is 30.3 Å². The van der Waals surface area contributed by atoms with E-state index in [1.807, 2.05) is 12.1 Å². The van der Waals surface area contributed by atoms with Crippen LogP contribution in [0.4, 0.5) is 5.69 Å². The standard InChI is InChI=1S/C14H14N2O3/c15-9-4-10-16(11-5-2-1-3-6-11)12(17)14(7-8-14)13(18)19/h1-3,5-6H,4,7-8,10H2,(H,18,19). The summed E-state index contributed by atoms with van der Waals surface area (Å²) < 4.78 is 0. The van der Waals surface area contributed by atoms with E-state index in [0.29, 0.717) is 18.5 Å². The van der Waals surface area contributed by atoms with Gasteiger partial charge >= 0.3 is 5.97 Å². The first kappa shape index (κ1) is 13.1. The van der Waals surface area contributed by atoms with Gasteiger partial charge in [-0.3, -0.25) is 9.59 Å². The average molecular weight is 258 g/mol. The minimum atomic E-state index is -1.27. The molecule has 1 aromatic carbocycles. The molecule has 98 valence electrons. The molecule has 1 amide bonds. The first-order valence-electron chi connectivity index (χ1n) is 6.09. The highest BCUT2D eigenvalue weighted by Crippen LogP contribution is 2.48. The largest absolute Gasteiger partial charge is 0.480 e. The van der Waals surface area contributed by atoms with Crippen LogP contribution in [0.1, 0.15) is 19.3 Å². The van der Waals surface area contributed by atoms with Crippen LogP contribution < -0.4 is 4.90 Å². The highest BCUT2D eigenvalue weighted by atomic mass is 16.4. The monoisotopic (exact) mass is 258 g/mol. The predicted molar refractivity (Wildman–Crippen MR) is 68.3 cm³/mol. The first-order valence-corrected chi connectivity index (χ1v) is 6.09. The van der Waals surface area contributed by atoms with E-state index in [9.17, 15) is 14.7 Å². The number of hydrogen-bond donors (Lipinski definition) is 1. The number of benzene rings is 1. The number of carboxylic acids is 1. The molecule has 1 aliphatic rings. The van der Waals surface area contributed by atoms with Crippen molar-refractivity contribution < 1.29 is 14.7 Å². The van der Waals surface area contributed by atoms with Crippen molar-refractivity contribution in [2.24, 2.45) is 5.41 Å². The average Bonchev–Trinajstić information content (AvgIpc) is 3.21. The minimum absolute atomic E-state index is 0.177. The lowest BCUT2D eigenvalue weighted by Gasteiger charge is -2.24. The molecule has 0 saturated heterocycles. The minimum Gasteiger partial charge on any atom is -0.480 e. The second-order valence-electron chi connectivity index (χ2n) is 4.59. The number of carbonyl (C=O) groups excluding carboxylic acids is 1. The molecule has 0 aliphatic heterocycles. The Morgan fingerprint density at radius 2 is 1.95 bits per heavy atom. The third-order valence-electron chi connectivity index (χ3n) is 3.33. The second kappa shape index (κ2) is 5.11. The molecule has 19 heavy (non-hydrogen) atoms. The number of rotatable bonds is 5. The molecule has 1 aromatic rings. The van der Waals surface area contributed by atoms with Gasteiger partial charge in [0.15, 0.2) is 0 Å². The molecule has 0 bridgehead atoms. The summed E-state index contributed by atoms with van der Waals surface area (Å²) in [4.78, 5) is 25.0. The van der Waals surface area contributed by atoms with Crippen LogP contribution in [0.3, 0.4) is 0 Å². The highest BCUT2D eigenvalue weighted by molar-refractivity contribution is 6.12. The second-order valence-corrected chi connectivity index (χ2v) is 4.59. The van der Waals surface area contributed by atoms with Gasteiger partial charge in [-0.25, -0.2) is 0 Å². The lowest BCUT2D eigenvalue weighted by Crippen LogP contribution is -2.41. The van der Waals surface area contributed by atoms with E-state index in [1.165, 1.54) is 4.90 Å². The third kappa shape index (κ3) is 2.43. The fourth-order valence-corrected chi connectivity index (χ4v) is 2.02. The summed E-state index contributed by atoms with van der Waals surface area (Å²) in [5.74, 6) is -1.49. The van der Waals surface area contributed by atoms with Gasteiger partial charge in [-0.1, -0.05) is 18.2 Å². The highest BCUT2D eigenvalue weighted by Gasteiger charge is 2.58. The Balaban J connectivity index is 2.27. The summed E-state index contributed by atoms with van der Waals surface area (Å²) in [6, 6.07) is 10.8. The van der Waals surface area contributed by atoms with E-state index in [-0.39, 0.29) is 13.0 Å². The van der Waals surface area contributed by atoms with Gasteiger partial charge in [-0.05, 0) is 25.0 Å². The lowest BCUT2D eigenvalue weighted by atomic mass is 10.1. The first-order chi connectivity index (χ1) is 9.12. The van der Waals surface area contributed by atoms with Gasteiger partial charge in [0.25, 0.3) is 0 Å². The summed E-state index contributed by atoms with van der Waals surface area (Å²) in [5.41, 5.74) is -0.638. The zero-order valence-electron chi connectivity index (χ0n) is 10.4. The van der Waals surface area contributed by atoms with Gasteiger partial charge in [0.05, 0.1) is 12.5 Å². The van der Waals surface area contributed by atoms with Crippen molar-refractivity contribution in [3.63, 3.8) is 0 Å². The van der Waals surface area contributed by atoms with E-state index < -0.39 is 17.3 Å². The molecule has 0 aromatic heterocycles. The van der Waals surface area contributed by atoms with Crippen LogP contribution in [0, 0.1) is 16.7 Å². The van der Waals surface area contributed by atoms with Gasteiger partial charge in [0.2, 0.25) is 5.91 Å². The molecule has 1 fully saturated rings. The Morgan fingerprint density at radius 3 is 2.42 bits per heavy atom. The van der Waals surface area contributed by atoms with Crippen molar-refractivity contribution in [1.82, 2.24) is 0 Å². The number of carbonyl (C=O) groups is 2. The Hall–Kier alpha value is -2.35. The van der Waals surface area contributed by atoms with E-state index >= 15 is 0 Å². The number of nitriles is 1. The molecule has 1 aliphatic carbocycles. The fraction of sp³-hybridized carbons (Fsp3) is 0.357. The number of amides is 1. The summed E-state index contributed by atoms with van der Waals surface area (Å²) in [7, 11) is 0. The number of carboxylic acid groups (broad SMARTS) is 1. The smallest absolute Gasteiger partial charge is 0.319 e. The number of anilines is 1. The SMILES string of the molecule is N#CCCN(C(=O)C1(C(=O)O)CC1)c1ccccc1. The van der Waals surface area contributed by atoms with Crippen LogP contribution in [-0.4, -0.2) is 23.5 Å². The number of para-hydroxylation sites is 1. The maximum atomic E-state index is 12.4. The zero-order chi connectivity index (χ0) is 13.9. The number of nitrogens with zero attached hydrogens (tertiary/aromatic N) is 2. The molecule has 5 nitrogen and oxygen atoms in total. The quantitative estimate of drug-likeness (QED) is 0.816. The van der Waals surface area contributed by atoms with Crippen LogP contribution in [0.5, 0.6) is 0 Å². The third-order valence-corrected chi connectivity index (χ3v) is 3.33. The fourth-order valence-electron chi connectivity index (χ4n) is 2.02. The maximum absolute atomic E-state index is 12.4. The van der Waals surface area contributed by atoms with Crippen LogP contribution in [0.25, 0.3) is 0 Å². The molecule has 1 N–H and O–H groups in total. The van der Waals surface area contributed by atoms with E-state index in [1.54, 1.807) is 24.3 Å². The molecule has 1 saturated carbocycles. The normalized spacial score (nSPS) is 15.3. The van der Waals surface area contributed by atoms with Crippen molar-refractivity contribution >= 4 is 17.6 Å². The Bertz CT molecular complexity index is 529. The molecular weight excluding hydrogens is 244 g/mol. The topological polar surface area (TPSA) is 81.4 Å². The van der Waals surface area contributed by atoms with Crippen molar-refractivity contribution in [1.29, 1.82) is 5.26 Å². The van der Waals surface area contributed by atoms with Gasteiger partial charge in [-0.2, -0.15) is 5.26 Å². The van der Waals surface area contributed by atoms with E-state index in [2.05, 4.69) is 0 Å². The van der Waals surface area contributed by atoms with Crippen LogP contribution in [-0.2, 0) is 9.59 Å². The van der Waals surface area contributed by atoms with E-state index in [4.69, 9.17) is 5.26 Å². The Kier molecular flexibility index (Phi) is 3.52. The molecule has 5 heteroatoms. The van der Waals surface area contributed by atoms with Crippen molar-refractivity contribution in [2.75, 3.05) is 11.4 Å². The number of hydrogen-bond acceptors (Lipinski definition) is 3. The van der Waals surface area contributed by atoms with Crippen LogP contribution >= 0.6 is 0 Å². The zero-order valence-corrected chi connectivity index (χ0v) is 10.4. The molecule has 0 spiro atoms. The van der Waals surface area contributed by atoms with Gasteiger partial charge in [-0.15, -0.1) is 0 Å². The van der Waals surface area contributed by atoms with Crippen molar-refractivity contribution in [3.05, 3.63) is 30.3 Å². The lowest BCUT2D eigenvalue weighted by molar-refractivity contribution is -0.148. The molecule has 0 unspecified atom stereocenters.